The fourth-order valence-corrected chi connectivity index (χ4v) is 0.917. The molecule has 1 heteroatoms. The standard InChI is InChI=1S/C8H18O.C2H4/c1-3-5-6-8(4-2)7-9;1-2/h8-9H,3-7H2,1-2H3;1-2H2. The quantitative estimate of drug-likeness (QED) is 0.610. The molecule has 0 fully saturated rings. The van der Waals surface area contributed by atoms with Crippen LogP contribution in [0.5, 0.6) is 0 Å². The minimum Gasteiger partial charge on any atom is -0.396 e. The van der Waals surface area contributed by atoms with Gasteiger partial charge in [-0.25, -0.2) is 0 Å². The summed E-state index contributed by atoms with van der Waals surface area (Å²) in [4.78, 5) is 0. The molecule has 0 spiro atoms. The first-order chi connectivity index (χ1) is 5.35. The third-order valence-corrected chi connectivity index (χ3v) is 1.80. The summed E-state index contributed by atoms with van der Waals surface area (Å²) in [6, 6.07) is 0. The predicted molar refractivity (Wildman–Crippen MR) is 51.6 cm³/mol. The van der Waals surface area contributed by atoms with E-state index in [1.165, 1.54) is 19.3 Å². The summed E-state index contributed by atoms with van der Waals surface area (Å²) < 4.78 is 0. The highest BCUT2D eigenvalue weighted by molar-refractivity contribution is 4.53. The van der Waals surface area contributed by atoms with Crippen molar-refractivity contribution in [2.75, 3.05) is 6.61 Å². The second-order valence-electron chi connectivity index (χ2n) is 2.60. The number of aliphatic hydroxyl groups is 1. The van der Waals surface area contributed by atoms with Gasteiger partial charge in [0.15, 0.2) is 0 Å². The molecular weight excluding hydrogens is 136 g/mol. The summed E-state index contributed by atoms with van der Waals surface area (Å²) in [5.41, 5.74) is 0. The lowest BCUT2D eigenvalue weighted by molar-refractivity contribution is 0.212. The molecule has 0 radical (unpaired) electrons. The maximum atomic E-state index is 8.75. The molecule has 0 rings (SSSR count). The summed E-state index contributed by atoms with van der Waals surface area (Å²) in [6.07, 6.45) is 4.83. The van der Waals surface area contributed by atoms with Crippen LogP contribution in [0.25, 0.3) is 0 Å². The van der Waals surface area contributed by atoms with Crippen LogP contribution < -0.4 is 0 Å². The molecule has 11 heavy (non-hydrogen) atoms. The summed E-state index contributed by atoms with van der Waals surface area (Å²) in [5.74, 6) is 0.560. The van der Waals surface area contributed by atoms with Crippen molar-refractivity contribution in [1.82, 2.24) is 0 Å². The van der Waals surface area contributed by atoms with Gasteiger partial charge in [0, 0.05) is 6.61 Å². The molecule has 0 aromatic rings. The summed E-state index contributed by atoms with van der Waals surface area (Å²) in [6.45, 7) is 10.7. The second-order valence-corrected chi connectivity index (χ2v) is 2.60. The first-order valence-corrected chi connectivity index (χ1v) is 4.46. The van der Waals surface area contributed by atoms with Gasteiger partial charge in [0.2, 0.25) is 0 Å². The van der Waals surface area contributed by atoms with Gasteiger partial charge in [-0.2, -0.15) is 0 Å². The Hall–Kier alpha value is -0.300. The van der Waals surface area contributed by atoms with E-state index >= 15 is 0 Å². The Balaban J connectivity index is 0. The molecule has 0 saturated heterocycles. The van der Waals surface area contributed by atoms with Gasteiger partial charge in [-0.05, 0) is 12.3 Å². The average Bonchev–Trinajstić information content (AvgIpc) is 2.10. The van der Waals surface area contributed by atoms with Gasteiger partial charge in [0.05, 0.1) is 0 Å². The Labute approximate surface area is 71.1 Å². The lowest BCUT2D eigenvalue weighted by Crippen LogP contribution is -2.03. The Bertz CT molecular complexity index is 57.9. The topological polar surface area (TPSA) is 20.2 Å². The third kappa shape index (κ3) is 9.70. The van der Waals surface area contributed by atoms with Crippen LogP contribution in [0, 0.1) is 5.92 Å². The third-order valence-electron chi connectivity index (χ3n) is 1.80. The minimum atomic E-state index is 0.372. The highest BCUT2D eigenvalue weighted by atomic mass is 16.3. The molecule has 0 aromatic carbocycles. The van der Waals surface area contributed by atoms with E-state index in [0.29, 0.717) is 12.5 Å². The molecular formula is C10H22O. The Kier molecular flexibility index (Phi) is 15.0. The molecule has 1 atom stereocenters. The average molecular weight is 158 g/mol. The Morgan fingerprint density at radius 1 is 1.27 bits per heavy atom. The van der Waals surface area contributed by atoms with E-state index < -0.39 is 0 Å². The van der Waals surface area contributed by atoms with Crippen LogP contribution in [0.2, 0.25) is 0 Å². The maximum Gasteiger partial charge on any atom is 0.0459 e. The molecule has 1 unspecified atom stereocenters. The van der Waals surface area contributed by atoms with Gasteiger partial charge in [-0.1, -0.05) is 33.1 Å². The van der Waals surface area contributed by atoms with Crippen LogP contribution in [0.1, 0.15) is 39.5 Å². The molecule has 1 nitrogen and oxygen atoms in total. The molecule has 0 aromatic heterocycles. The highest BCUT2D eigenvalue weighted by Crippen LogP contribution is 2.10. The van der Waals surface area contributed by atoms with E-state index in [4.69, 9.17) is 5.11 Å². The highest BCUT2D eigenvalue weighted by Gasteiger charge is 2.01. The van der Waals surface area contributed by atoms with Gasteiger partial charge in [0.25, 0.3) is 0 Å². The van der Waals surface area contributed by atoms with Crippen LogP contribution in [0.3, 0.4) is 0 Å². The van der Waals surface area contributed by atoms with Gasteiger partial charge >= 0.3 is 0 Å². The van der Waals surface area contributed by atoms with Crippen molar-refractivity contribution in [3.8, 4) is 0 Å². The number of aliphatic hydroxyl groups excluding tert-OH is 1. The first kappa shape index (κ1) is 13.3. The van der Waals surface area contributed by atoms with E-state index in [1.54, 1.807) is 0 Å². The zero-order valence-corrected chi connectivity index (χ0v) is 7.97. The monoisotopic (exact) mass is 158 g/mol. The van der Waals surface area contributed by atoms with Gasteiger partial charge < -0.3 is 5.11 Å². The van der Waals surface area contributed by atoms with Crippen LogP contribution in [-0.4, -0.2) is 11.7 Å². The lowest BCUT2D eigenvalue weighted by atomic mass is 10.0. The summed E-state index contributed by atoms with van der Waals surface area (Å²) in [7, 11) is 0. The molecule has 0 saturated carbocycles. The molecule has 1 N–H and O–H groups in total. The molecule has 0 heterocycles. The number of hydrogen-bond donors (Lipinski definition) is 1. The molecule has 68 valence electrons. The van der Waals surface area contributed by atoms with Crippen molar-refractivity contribution in [3.05, 3.63) is 13.2 Å². The lowest BCUT2D eigenvalue weighted by Gasteiger charge is -2.08. The van der Waals surface area contributed by atoms with Crippen molar-refractivity contribution in [3.63, 3.8) is 0 Å². The van der Waals surface area contributed by atoms with Gasteiger partial charge in [-0.15, -0.1) is 13.2 Å². The number of hydrogen-bond acceptors (Lipinski definition) is 1. The van der Waals surface area contributed by atoms with Crippen LogP contribution in [-0.2, 0) is 0 Å². The SMILES string of the molecule is C=C.CCCCC(CC)CO. The zero-order chi connectivity index (χ0) is 9.11. The van der Waals surface area contributed by atoms with Crippen LogP contribution in [0.15, 0.2) is 13.2 Å². The van der Waals surface area contributed by atoms with Crippen molar-refractivity contribution in [1.29, 1.82) is 0 Å². The van der Waals surface area contributed by atoms with E-state index in [2.05, 4.69) is 27.0 Å². The smallest absolute Gasteiger partial charge is 0.0459 e. The Morgan fingerprint density at radius 3 is 2.09 bits per heavy atom. The van der Waals surface area contributed by atoms with Crippen molar-refractivity contribution >= 4 is 0 Å². The minimum absolute atomic E-state index is 0.372. The fraction of sp³-hybridized carbons (Fsp3) is 0.800. The van der Waals surface area contributed by atoms with E-state index in [9.17, 15) is 0 Å². The maximum absolute atomic E-state index is 8.75. The predicted octanol–water partition coefficient (Wildman–Crippen LogP) is 3.00. The number of rotatable bonds is 5. The van der Waals surface area contributed by atoms with Gasteiger partial charge in [0.1, 0.15) is 0 Å². The normalized spacial score (nSPS) is 11.5. The first-order valence-electron chi connectivity index (χ1n) is 4.46. The summed E-state index contributed by atoms with van der Waals surface area (Å²) in [5, 5.41) is 8.75. The number of unbranched alkanes of at least 4 members (excludes halogenated alkanes) is 1. The van der Waals surface area contributed by atoms with Crippen molar-refractivity contribution in [2.45, 2.75) is 39.5 Å². The summed E-state index contributed by atoms with van der Waals surface area (Å²) >= 11 is 0. The Morgan fingerprint density at radius 2 is 1.82 bits per heavy atom. The van der Waals surface area contributed by atoms with Crippen molar-refractivity contribution < 1.29 is 5.11 Å². The molecule has 0 aliphatic rings. The fourth-order valence-electron chi connectivity index (χ4n) is 0.917. The molecule has 0 aliphatic heterocycles. The van der Waals surface area contributed by atoms with Crippen LogP contribution >= 0.6 is 0 Å². The van der Waals surface area contributed by atoms with E-state index in [0.717, 1.165) is 6.42 Å². The molecule has 0 bridgehead atoms. The molecule has 0 amide bonds. The van der Waals surface area contributed by atoms with E-state index in [-0.39, 0.29) is 0 Å². The largest absolute Gasteiger partial charge is 0.396 e. The second kappa shape index (κ2) is 12.4. The van der Waals surface area contributed by atoms with E-state index in [1.807, 2.05) is 0 Å². The molecule has 0 aliphatic carbocycles. The van der Waals surface area contributed by atoms with Gasteiger partial charge in [-0.3, -0.25) is 0 Å². The van der Waals surface area contributed by atoms with Crippen LogP contribution in [0.4, 0.5) is 0 Å². The zero-order valence-electron chi connectivity index (χ0n) is 7.97. The van der Waals surface area contributed by atoms with Crippen molar-refractivity contribution in [2.24, 2.45) is 5.92 Å².